The molecule has 0 aliphatic carbocycles. The molecule has 5 heteroatoms. The van der Waals surface area contributed by atoms with E-state index in [1.54, 1.807) is 0 Å². The molecule has 2 aromatic rings. The van der Waals surface area contributed by atoms with Crippen molar-refractivity contribution in [3.05, 3.63) is 59.7 Å². The van der Waals surface area contributed by atoms with E-state index in [1.807, 2.05) is 47.8 Å². The van der Waals surface area contributed by atoms with Crippen LogP contribution in [0.4, 0.5) is 0 Å². The van der Waals surface area contributed by atoms with Crippen molar-refractivity contribution in [2.45, 2.75) is 11.5 Å². The van der Waals surface area contributed by atoms with Gasteiger partial charge in [0.15, 0.2) is 0 Å². The van der Waals surface area contributed by atoms with Crippen LogP contribution in [-0.4, -0.2) is 37.9 Å². The quantitative estimate of drug-likeness (QED) is 0.668. The Hall–Kier alpha value is -1.30. The van der Waals surface area contributed by atoms with Crippen molar-refractivity contribution in [1.29, 1.82) is 0 Å². The zero-order valence-electron chi connectivity index (χ0n) is 14.3. The molecular formula is C20H24O3S2. The van der Waals surface area contributed by atoms with Gasteiger partial charge in [-0.1, -0.05) is 36.4 Å². The highest BCUT2D eigenvalue weighted by molar-refractivity contribution is 7.98. The van der Waals surface area contributed by atoms with Gasteiger partial charge in [-0.3, -0.25) is 0 Å². The summed E-state index contributed by atoms with van der Waals surface area (Å²) in [5.41, 5.74) is 2.46. The van der Waals surface area contributed by atoms with Crippen LogP contribution in [0, 0.1) is 0 Å². The van der Waals surface area contributed by atoms with E-state index in [0.717, 1.165) is 47.7 Å². The normalized spacial score (nSPS) is 17.3. The fraction of sp³-hybridized carbons (Fsp3) is 0.400. The first kappa shape index (κ1) is 18.5. The van der Waals surface area contributed by atoms with Crippen LogP contribution in [0.25, 0.3) is 0 Å². The Morgan fingerprint density at radius 2 is 1.08 bits per heavy atom. The molecular weight excluding hydrogens is 352 g/mol. The fourth-order valence-corrected chi connectivity index (χ4v) is 4.21. The van der Waals surface area contributed by atoms with Gasteiger partial charge >= 0.3 is 0 Å². The largest absolute Gasteiger partial charge is 0.490 e. The maximum Gasteiger partial charge on any atom is 0.123 e. The molecule has 0 amide bonds. The van der Waals surface area contributed by atoms with E-state index in [9.17, 15) is 0 Å². The van der Waals surface area contributed by atoms with E-state index < -0.39 is 0 Å². The number of fused-ring (bicyclic) bond motifs is 2. The molecule has 1 heterocycles. The van der Waals surface area contributed by atoms with Gasteiger partial charge in [0.05, 0.1) is 13.2 Å². The van der Waals surface area contributed by atoms with Crippen LogP contribution in [0.3, 0.4) is 0 Å². The number of ether oxygens (including phenoxy) is 3. The molecule has 2 aromatic carbocycles. The third-order valence-electron chi connectivity index (χ3n) is 3.80. The summed E-state index contributed by atoms with van der Waals surface area (Å²) < 4.78 is 17.6. The predicted molar refractivity (Wildman–Crippen MR) is 107 cm³/mol. The first-order chi connectivity index (χ1) is 12.4. The Kier molecular flexibility index (Phi) is 7.87. The second-order valence-electron chi connectivity index (χ2n) is 5.63. The van der Waals surface area contributed by atoms with Crippen molar-refractivity contribution in [2.24, 2.45) is 0 Å². The zero-order valence-corrected chi connectivity index (χ0v) is 15.9. The third-order valence-corrected chi connectivity index (χ3v) is 5.74. The van der Waals surface area contributed by atoms with Crippen LogP contribution in [0.1, 0.15) is 11.1 Å². The van der Waals surface area contributed by atoms with E-state index >= 15 is 0 Å². The lowest BCUT2D eigenvalue weighted by molar-refractivity contribution is 0.167. The maximum absolute atomic E-state index is 5.95. The Morgan fingerprint density at radius 1 is 0.600 bits per heavy atom. The van der Waals surface area contributed by atoms with Gasteiger partial charge in [-0.2, -0.15) is 23.5 Å². The maximum atomic E-state index is 5.95. The molecule has 134 valence electrons. The fourth-order valence-electron chi connectivity index (χ4n) is 2.53. The van der Waals surface area contributed by atoms with Crippen molar-refractivity contribution in [3.63, 3.8) is 0 Å². The van der Waals surface area contributed by atoms with Gasteiger partial charge in [0.1, 0.15) is 24.7 Å². The summed E-state index contributed by atoms with van der Waals surface area (Å²) in [5.74, 6) is 5.80. The lowest BCUT2D eigenvalue weighted by Crippen LogP contribution is -2.10. The van der Waals surface area contributed by atoms with Gasteiger partial charge in [0.25, 0.3) is 0 Å². The summed E-state index contributed by atoms with van der Waals surface area (Å²) in [6.45, 7) is 2.69. The van der Waals surface area contributed by atoms with Gasteiger partial charge in [0, 0.05) is 34.1 Å². The van der Waals surface area contributed by atoms with Crippen molar-refractivity contribution < 1.29 is 14.2 Å². The van der Waals surface area contributed by atoms with Crippen LogP contribution in [0.15, 0.2) is 48.5 Å². The number of rotatable bonds is 0. The SMILES string of the molecule is c1ccc2c(c1)CSCCOCCSCc1ccccc1OCCO2. The van der Waals surface area contributed by atoms with Gasteiger partial charge in [-0.05, 0) is 12.1 Å². The number of thioether (sulfide) groups is 2. The Bertz CT molecular complexity index is 593. The van der Waals surface area contributed by atoms with Crippen molar-refractivity contribution >= 4 is 23.5 Å². The average Bonchev–Trinajstić information content (AvgIpc) is 2.65. The van der Waals surface area contributed by atoms with Gasteiger partial charge in [-0.15, -0.1) is 0 Å². The molecule has 0 saturated carbocycles. The minimum absolute atomic E-state index is 0.548. The van der Waals surface area contributed by atoms with E-state index in [1.165, 1.54) is 11.1 Å². The van der Waals surface area contributed by atoms with Crippen molar-refractivity contribution in [2.75, 3.05) is 37.9 Å². The minimum atomic E-state index is 0.548. The molecule has 0 fully saturated rings. The first-order valence-electron chi connectivity index (χ1n) is 8.58. The molecule has 1 aliphatic rings. The molecule has 0 saturated heterocycles. The molecule has 0 radical (unpaired) electrons. The molecule has 0 aromatic heterocycles. The summed E-state index contributed by atoms with van der Waals surface area (Å²) in [6.07, 6.45) is 0. The molecule has 0 unspecified atom stereocenters. The number of hydrogen-bond acceptors (Lipinski definition) is 5. The molecule has 3 rings (SSSR count). The zero-order chi connectivity index (χ0) is 17.2. The topological polar surface area (TPSA) is 27.7 Å². The highest BCUT2D eigenvalue weighted by Gasteiger charge is 2.06. The summed E-state index contributed by atoms with van der Waals surface area (Å²) >= 11 is 3.77. The van der Waals surface area contributed by atoms with E-state index in [-0.39, 0.29) is 0 Å². The molecule has 0 atom stereocenters. The van der Waals surface area contributed by atoms with E-state index in [4.69, 9.17) is 14.2 Å². The number of hydrogen-bond donors (Lipinski definition) is 0. The van der Waals surface area contributed by atoms with Gasteiger partial charge in [-0.25, -0.2) is 0 Å². The summed E-state index contributed by atoms with van der Waals surface area (Å²) in [7, 11) is 0. The summed E-state index contributed by atoms with van der Waals surface area (Å²) in [5, 5.41) is 0. The van der Waals surface area contributed by atoms with Crippen molar-refractivity contribution in [1.82, 2.24) is 0 Å². The Labute approximate surface area is 158 Å². The summed E-state index contributed by atoms with van der Waals surface area (Å²) in [4.78, 5) is 0. The smallest absolute Gasteiger partial charge is 0.123 e. The highest BCUT2D eigenvalue weighted by Crippen LogP contribution is 2.25. The lowest BCUT2D eigenvalue weighted by atomic mass is 10.2. The predicted octanol–water partition coefficient (Wildman–Crippen LogP) is 4.64. The lowest BCUT2D eigenvalue weighted by Gasteiger charge is -2.13. The second-order valence-corrected chi connectivity index (χ2v) is 7.84. The Morgan fingerprint density at radius 3 is 1.60 bits per heavy atom. The van der Waals surface area contributed by atoms with Gasteiger partial charge < -0.3 is 14.2 Å². The Balaban J connectivity index is 1.64. The first-order valence-corrected chi connectivity index (χ1v) is 10.9. The molecule has 3 nitrogen and oxygen atoms in total. The van der Waals surface area contributed by atoms with Crippen LogP contribution in [0.5, 0.6) is 11.5 Å². The van der Waals surface area contributed by atoms with Crippen LogP contribution >= 0.6 is 23.5 Å². The monoisotopic (exact) mass is 376 g/mol. The molecule has 1 aliphatic heterocycles. The summed E-state index contributed by atoms with van der Waals surface area (Å²) in [6, 6.07) is 16.5. The van der Waals surface area contributed by atoms with E-state index in [0.29, 0.717) is 13.2 Å². The molecule has 0 bridgehead atoms. The van der Waals surface area contributed by atoms with E-state index in [2.05, 4.69) is 24.3 Å². The molecule has 0 spiro atoms. The van der Waals surface area contributed by atoms with Crippen LogP contribution < -0.4 is 9.47 Å². The third kappa shape index (κ3) is 6.17. The molecule has 25 heavy (non-hydrogen) atoms. The van der Waals surface area contributed by atoms with Crippen molar-refractivity contribution in [3.8, 4) is 11.5 Å². The highest BCUT2D eigenvalue weighted by atomic mass is 32.2. The number of benzene rings is 2. The standard InChI is InChI=1S/C20H24O3S2/c1-3-7-19-17(5-1)15-24-13-11-21-12-14-25-16-18-6-2-4-8-20(18)23-10-9-22-19/h1-8H,9-16H2. The average molecular weight is 377 g/mol. The second kappa shape index (κ2) is 10.6. The molecule has 0 N–H and O–H groups in total. The van der Waals surface area contributed by atoms with Crippen LogP contribution in [-0.2, 0) is 16.2 Å². The minimum Gasteiger partial charge on any atom is -0.490 e. The van der Waals surface area contributed by atoms with Gasteiger partial charge in [0.2, 0.25) is 0 Å². The van der Waals surface area contributed by atoms with Crippen LogP contribution in [0.2, 0.25) is 0 Å². The number of para-hydroxylation sites is 2.